The lowest BCUT2D eigenvalue weighted by Gasteiger charge is -2.04. The summed E-state index contributed by atoms with van der Waals surface area (Å²) in [4.78, 5) is 13.1. The van der Waals surface area contributed by atoms with Crippen LogP contribution in [0, 0.1) is 0 Å². The fourth-order valence-corrected chi connectivity index (χ4v) is 3.26. The maximum absolute atomic E-state index is 12.0. The molecule has 2 aromatic carbocycles. The highest BCUT2D eigenvalue weighted by atomic mass is 79.9. The second-order valence-corrected chi connectivity index (χ2v) is 6.60. The highest BCUT2D eigenvalue weighted by Crippen LogP contribution is 2.22. The van der Waals surface area contributed by atoms with Gasteiger partial charge in [-0.3, -0.25) is 4.79 Å². The summed E-state index contributed by atoms with van der Waals surface area (Å²) in [6.07, 6.45) is 1.55. The van der Waals surface area contributed by atoms with Crippen LogP contribution in [-0.4, -0.2) is 11.5 Å². The largest absolute Gasteiger partial charge is 0.298 e. The van der Waals surface area contributed by atoms with E-state index in [-0.39, 0.29) is 5.78 Å². The molecule has 0 heterocycles. The maximum Gasteiger partial charge on any atom is 0.147 e. The SMILES string of the molecule is CCc1ccc(CC(=O)CSc2cccc(Br)c2)cc1. The number of hydrogen-bond acceptors (Lipinski definition) is 2. The van der Waals surface area contributed by atoms with E-state index in [2.05, 4.69) is 47.1 Å². The average molecular weight is 349 g/mol. The Balaban J connectivity index is 1.85. The first kappa shape index (κ1) is 15.3. The lowest BCUT2D eigenvalue weighted by Crippen LogP contribution is -2.05. The summed E-state index contributed by atoms with van der Waals surface area (Å²) in [5.41, 5.74) is 2.41. The molecular formula is C17H17BrOS. The van der Waals surface area contributed by atoms with Crippen LogP contribution >= 0.6 is 27.7 Å². The van der Waals surface area contributed by atoms with E-state index < -0.39 is 0 Å². The van der Waals surface area contributed by atoms with E-state index in [9.17, 15) is 4.79 Å². The lowest BCUT2D eigenvalue weighted by atomic mass is 10.1. The first-order valence-corrected chi connectivity index (χ1v) is 8.43. The smallest absolute Gasteiger partial charge is 0.147 e. The molecule has 0 atom stereocenters. The first-order chi connectivity index (χ1) is 9.67. The van der Waals surface area contributed by atoms with E-state index in [1.165, 1.54) is 5.56 Å². The van der Waals surface area contributed by atoms with Crippen LogP contribution in [0.1, 0.15) is 18.1 Å². The number of aryl methyl sites for hydroxylation is 1. The monoisotopic (exact) mass is 348 g/mol. The fourth-order valence-electron chi connectivity index (χ4n) is 1.89. The van der Waals surface area contributed by atoms with E-state index in [1.807, 2.05) is 24.3 Å². The van der Waals surface area contributed by atoms with Crippen LogP contribution in [0.2, 0.25) is 0 Å². The topological polar surface area (TPSA) is 17.1 Å². The third-order valence-corrected chi connectivity index (χ3v) is 4.58. The Kier molecular flexibility index (Phi) is 5.86. The summed E-state index contributed by atoms with van der Waals surface area (Å²) in [6.45, 7) is 2.13. The van der Waals surface area contributed by atoms with E-state index in [0.717, 1.165) is 21.4 Å². The van der Waals surface area contributed by atoms with Crippen molar-refractivity contribution in [3.8, 4) is 0 Å². The quantitative estimate of drug-likeness (QED) is 0.689. The Morgan fingerprint density at radius 2 is 1.80 bits per heavy atom. The normalized spacial score (nSPS) is 10.5. The van der Waals surface area contributed by atoms with Gasteiger partial charge in [-0.15, -0.1) is 11.8 Å². The van der Waals surface area contributed by atoms with Gasteiger partial charge in [-0.05, 0) is 35.7 Å². The highest BCUT2D eigenvalue weighted by Gasteiger charge is 2.05. The minimum absolute atomic E-state index is 0.263. The molecule has 1 nitrogen and oxygen atoms in total. The zero-order valence-corrected chi connectivity index (χ0v) is 13.8. The van der Waals surface area contributed by atoms with Crippen LogP contribution in [0.3, 0.4) is 0 Å². The molecule has 20 heavy (non-hydrogen) atoms. The van der Waals surface area contributed by atoms with Gasteiger partial charge in [0.1, 0.15) is 5.78 Å². The van der Waals surface area contributed by atoms with Crippen molar-refractivity contribution in [1.82, 2.24) is 0 Å². The molecular weight excluding hydrogens is 332 g/mol. The van der Waals surface area contributed by atoms with Gasteiger partial charge in [-0.2, -0.15) is 0 Å². The minimum atomic E-state index is 0.263. The molecule has 0 aromatic heterocycles. The van der Waals surface area contributed by atoms with Gasteiger partial charge in [0.05, 0.1) is 5.75 Å². The number of thioether (sulfide) groups is 1. The predicted octanol–water partition coefficient (Wildman–Crippen LogP) is 4.92. The standard InChI is InChI=1S/C17H17BrOS/c1-2-13-6-8-14(9-7-13)10-16(19)12-20-17-5-3-4-15(18)11-17/h3-9,11H,2,10,12H2,1H3. The van der Waals surface area contributed by atoms with E-state index >= 15 is 0 Å². The van der Waals surface area contributed by atoms with Crippen LogP contribution in [-0.2, 0) is 17.6 Å². The van der Waals surface area contributed by atoms with Crippen molar-refractivity contribution in [2.45, 2.75) is 24.7 Å². The van der Waals surface area contributed by atoms with Gasteiger partial charge < -0.3 is 0 Å². The molecule has 0 amide bonds. The van der Waals surface area contributed by atoms with Gasteiger partial charge in [-0.25, -0.2) is 0 Å². The molecule has 0 saturated carbocycles. The number of halogens is 1. The number of rotatable bonds is 6. The molecule has 3 heteroatoms. The van der Waals surface area contributed by atoms with Crippen molar-refractivity contribution in [2.75, 3.05) is 5.75 Å². The fraction of sp³-hybridized carbons (Fsp3) is 0.235. The summed E-state index contributed by atoms with van der Waals surface area (Å²) in [6, 6.07) is 16.4. The number of Topliss-reactive ketones (excluding diaryl/α,β-unsaturated/α-hetero) is 1. The van der Waals surface area contributed by atoms with Crippen LogP contribution in [0.25, 0.3) is 0 Å². The summed E-state index contributed by atoms with van der Waals surface area (Å²) >= 11 is 5.03. The molecule has 0 N–H and O–H groups in total. The van der Waals surface area contributed by atoms with Crippen molar-refractivity contribution in [2.24, 2.45) is 0 Å². The number of ketones is 1. The molecule has 104 valence electrons. The summed E-state index contributed by atoms with van der Waals surface area (Å²) < 4.78 is 1.05. The maximum atomic E-state index is 12.0. The molecule has 0 saturated heterocycles. The molecule has 0 aliphatic carbocycles. The van der Waals surface area contributed by atoms with Crippen LogP contribution < -0.4 is 0 Å². The Hall–Kier alpha value is -1.06. The number of hydrogen-bond donors (Lipinski definition) is 0. The Morgan fingerprint density at radius 3 is 2.45 bits per heavy atom. The highest BCUT2D eigenvalue weighted by molar-refractivity contribution is 9.10. The van der Waals surface area contributed by atoms with Crippen molar-refractivity contribution in [1.29, 1.82) is 0 Å². The van der Waals surface area contributed by atoms with Crippen molar-refractivity contribution < 1.29 is 4.79 Å². The van der Waals surface area contributed by atoms with Gasteiger partial charge in [0.25, 0.3) is 0 Å². The van der Waals surface area contributed by atoms with Gasteiger partial charge in [0.2, 0.25) is 0 Å². The van der Waals surface area contributed by atoms with Crippen molar-refractivity contribution in [3.05, 3.63) is 64.1 Å². The summed E-state index contributed by atoms with van der Waals surface area (Å²) in [5.74, 6) is 0.783. The molecule has 2 aromatic rings. The Labute approximate surface area is 132 Å². The molecule has 0 bridgehead atoms. The number of carbonyl (C=O) groups excluding carboxylic acids is 1. The number of carbonyl (C=O) groups is 1. The van der Waals surface area contributed by atoms with Crippen molar-refractivity contribution in [3.63, 3.8) is 0 Å². The Bertz CT molecular complexity index is 578. The molecule has 0 radical (unpaired) electrons. The van der Waals surface area contributed by atoms with Gasteiger partial charge in [-0.1, -0.05) is 53.2 Å². The van der Waals surface area contributed by atoms with Crippen LogP contribution in [0.15, 0.2) is 57.9 Å². The minimum Gasteiger partial charge on any atom is -0.298 e. The summed E-state index contributed by atoms with van der Waals surface area (Å²) in [5, 5.41) is 0. The van der Waals surface area contributed by atoms with Gasteiger partial charge in [0.15, 0.2) is 0 Å². The predicted molar refractivity (Wildman–Crippen MR) is 89.4 cm³/mol. The zero-order valence-electron chi connectivity index (χ0n) is 11.4. The van der Waals surface area contributed by atoms with Crippen molar-refractivity contribution >= 4 is 33.5 Å². The van der Waals surface area contributed by atoms with E-state index in [0.29, 0.717) is 12.2 Å². The lowest BCUT2D eigenvalue weighted by molar-refractivity contribution is -0.116. The second-order valence-electron chi connectivity index (χ2n) is 4.63. The number of benzene rings is 2. The molecule has 0 unspecified atom stereocenters. The molecule has 0 aliphatic heterocycles. The molecule has 0 aliphatic rings. The Morgan fingerprint density at radius 1 is 1.10 bits per heavy atom. The first-order valence-electron chi connectivity index (χ1n) is 6.65. The molecule has 2 rings (SSSR count). The third kappa shape index (κ3) is 4.80. The van der Waals surface area contributed by atoms with E-state index in [4.69, 9.17) is 0 Å². The summed E-state index contributed by atoms with van der Waals surface area (Å²) in [7, 11) is 0. The molecule has 0 spiro atoms. The zero-order chi connectivity index (χ0) is 14.4. The van der Waals surface area contributed by atoms with Crippen LogP contribution in [0.4, 0.5) is 0 Å². The van der Waals surface area contributed by atoms with Gasteiger partial charge in [0, 0.05) is 15.8 Å². The average Bonchev–Trinajstić information content (AvgIpc) is 2.46. The van der Waals surface area contributed by atoms with Crippen LogP contribution in [0.5, 0.6) is 0 Å². The van der Waals surface area contributed by atoms with Gasteiger partial charge >= 0.3 is 0 Å². The third-order valence-electron chi connectivity index (χ3n) is 3.03. The van der Waals surface area contributed by atoms with E-state index in [1.54, 1.807) is 11.8 Å². The molecule has 0 fully saturated rings. The second kappa shape index (κ2) is 7.65.